The molecule has 240 valence electrons. The standard InChI is InChI=1S/2C16H24N2O.H2O4S/c2*1-14(2)16(19)17-11-8-12-18(3,4)13-15-9-6-5-7-10-15;1-5(2,3)4/h2*5-7,9-10H,1,8,11-13H2,2-4H3;(H2,1,2,3,4). The second-order valence-electron chi connectivity index (χ2n) is 11.8. The van der Waals surface area contributed by atoms with E-state index in [2.05, 4.69) is 101 Å². The zero-order valence-electron chi connectivity index (χ0n) is 26.6. The third-order valence-electron chi connectivity index (χ3n) is 6.13. The maximum atomic E-state index is 11.3. The summed E-state index contributed by atoms with van der Waals surface area (Å²) in [7, 11) is 3.70. The van der Waals surface area contributed by atoms with Crippen molar-refractivity contribution in [1.82, 2.24) is 10.6 Å². The van der Waals surface area contributed by atoms with Crippen molar-refractivity contribution in [3.63, 3.8) is 0 Å². The monoisotopic (exact) mass is 618 g/mol. The molecule has 0 unspecified atom stereocenters. The van der Waals surface area contributed by atoms with E-state index in [1.165, 1.54) is 11.1 Å². The molecule has 43 heavy (non-hydrogen) atoms. The highest BCUT2D eigenvalue weighted by Crippen LogP contribution is 2.10. The van der Waals surface area contributed by atoms with Gasteiger partial charge in [0.05, 0.1) is 41.3 Å². The average Bonchev–Trinajstić information content (AvgIpc) is 2.89. The Labute approximate surface area is 258 Å². The molecule has 0 aliphatic carbocycles. The van der Waals surface area contributed by atoms with Crippen LogP contribution in [0.3, 0.4) is 0 Å². The van der Waals surface area contributed by atoms with Gasteiger partial charge in [0.2, 0.25) is 11.8 Å². The first-order chi connectivity index (χ1) is 19.8. The van der Waals surface area contributed by atoms with Crippen molar-refractivity contribution < 1.29 is 36.1 Å². The van der Waals surface area contributed by atoms with Crippen molar-refractivity contribution in [2.45, 2.75) is 39.8 Å². The first kappa shape index (κ1) is 39.6. The van der Waals surface area contributed by atoms with Gasteiger partial charge in [-0.15, -0.1) is 0 Å². The molecule has 0 spiro atoms. The van der Waals surface area contributed by atoms with Crippen LogP contribution in [-0.2, 0) is 33.1 Å². The van der Waals surface area contributed by atoms with Crippen LogP contribution in [0, 0.1) is 0 Å². The van der Waals surface area contributed by atoms with Crippen LogP contribution in [0.4, 0.5) is 0 Å². The molecule has 0 atom stereocenters. The Morgan fingerprint density at radius 3 is 1.21 bits per heavy atom. The van der Waals surface area contributed by atoms with Crippen LogP contribution in [0.15, 0.2) is 85.0 Å². The van der Waals surface area contributed by atoms with E-state index >= 15 is 0 Å². The maximum Gasteiger partial charge on any atom is 0.246 e. The van der Waals surface area contributed by atoms with Crippen molar-refractivity contribution in [3.8, 4) is 0 Å². The summed E-state index contributed by atoms with van der Waals surface area (Å²) in [5.41, 5.74) is 3.83. The smallest absolute Gasteiger partial charge is 0.246 e. The minimum Gasteiger partial charge on any atom is -0.759 e. The lowest BCUT2D eigenvalue weighted by molar-refractivity contribution is -0.903. The van der Waals surface area contributed by atoms with E-state index in [0.717, 1.165) is 48.0 Å². The number of nitrogens with zero attached hydrogens (tertiary/aromatic N) is 2. The molecule has 0 fully saturated rings. The molecule has 0 saturated heterocycles. The SMILES string of the molecule is C=C(C)C(=O)NCCC[N+](C)(C)Cc1ccccc1.C=C(C)C(=O)NCCC[N+](C)(C)Cc1ccccc1.O=S(=O)([O-])[O-]. The van der Waals surface area contributed by atoms with E-state index < -0.39 is 10.4 Å². The highest BCUT2D eigenvalue weighted by atomic mass is 32.3. The van der Waals surface area contributed by atoms with E-state index in [1.807, 2.05) is 12.1 Å². The Hall–Kier alpha value is -3.35. The summed E-state index contributed by atoms with van der Waals surface area (Å²) in [6, 6.07) is 21.0. The van der Waals surface area contributed by atoms with Crippen molar-refractivity contribution in [2.75, 3.05) is 54.4 Å². The summed E-state index contributed by atoms with van der Waals surface area (Å²) in [6.07, 6.45) is 1.94. The third-order valence-corrected chi connectivity index (χ3v) is 6.13. The Morgan fingerprint density at radius 1 is 0.674 bits per heavy atom. The minimum absolute atomic E-state index is 0.0478. The van der Waals surface area contributed by atoms with Gasteiger partial charge in [-0.3, -0.25) is 18.0 Å². The Bertz CT molecular complexity index is 1160. The van der Waals surface area contributed by atoms with Crippen LogP contribution in [0.1, 0.15) is 37.8 Å². The Kier molecular flexibility index (Phi) is 18.2. The lowest BCUT2D eigenvalue weighted by Gasteiger charge is -2.30. The number of quaternary nitrogens is 2. The predicted octanol–water partition coefficient (Wildman–Crippen LogP) is 3.35. The van der Waals surface area contributed by atoms with Crippen molar-refractivity contribution in [2.24, 2.45) is 0 Å². The number of hydrogen-bond acceptors (Lipinski definition) is 6. The first-order valence-corrected chi connectivity index (χ1v) is 15.4. The molecule has 0 saturated carbocycles. The first-order valence-electron chi connectivity index (χ1n) is 14.1. The summed E-state index contributed by atoms with van der Waals surface area (Å²) in [5.74, 6) is -0.0956. The lowest BCUT2D eigenvalue weighted by atomic mass is 10.2. The van der Waals surface area contributed by atoms with Crippen LogP contribution in [0.5, 0.6) is 0 Å². The van der Waals surface area contributed by atoms with Gasteiger partial charge in [0.15, 0.2) is 0 Å². The molecule has 2 amide bonds. The molecule has 2 aromatic carbocycles. The number of amides is 2. The van der Waals surface area contributed by atoms with Crippen molar-refractivity contribution >= 4 is 22.2 Å². The summed E-state index contributed by atoms with van der Waals surface area (Å²) in [5, 5.41) is 5.74. The number of nitrogens with one attached hydrogen (secondary N) is 2. The van der Waals surface area contributed by atoms with Gasteiger partial charge in [-0.05, 0) is 13.8 Å². The molecule has 0 bridgehead atoms. The molecular formula is C32H50N4O6S. The Balaban J connectivity index is 0.000000709. The molecule has 11 heteroatoms. The summed E-state index contributed by atoms with van der Waals surface area (Å²) in [4.78, 5) is 22.7. The molecule has 0 heterocycles. The summed E-state index contributed by atoms with van der Waals surface area (Å²) < 4.78 is 35.9. The topological polar surface area (TPSA) is 138 Å². The van der Waals surface area contributed by atoms with Crippen LogP contribution in [0.25, 0.3) is 0 Å². The molecule has 0 aromatic heterocycles. The molecular weight excluding hydrogens is 568 g/mol. The molecule has 2 rings (SSSR count). The average molecular weight is 619 g/mol. The number of hydrogen-bond donors (Lipinski definition) is 2. The van der Waals surface area contributed by atoms with E-state index in [9.17, 15) is 9.59 Å². The maximum absolute atomic E-state index is 11.3. The normalized spacial score (nSPS) is 11.2. The molecule has 0 aliphatic rings. The summed E-state index contributed by atoms with van der Waals surface area (Å²) >= 11 is 0. The molecule has 10 nitrogen and oxygen atoms in total. The zero-order chi connectivity index (χ0) is 33.1. The van der Waals surface area contributed by atoms with E-state index in [1.54, 1.807) is 13.8 Å². The van der Waals surface area contributed by atoms with Crippen molar-refractivity contribution in [3.05, 3.63) is 96.1 Å². The molecule has 2 aromatic rings. The van der Waals surface area contributed by atoms with E-state index in [-0.39, 0.29) is 11.8 Å². The van der Waals surface area contributed by atoms with Gasteiger partial charge in [0.25, 0.3) is 0 Å². The highest BCUT2D eigenvalue weighted by Gasteiger charge is 2.16. The quantitative estimate of drug-likeness (QED) is 0.110. The fourth-order valence-corrected chi connectivity index (χ4v) is 4.03. The van der Waals surface area contributed by atoms with Gasteiger partial charge in [0, 0.05) is 58.6 Å². The largest absolute Gasteiger partial charge is 0.759 e. The van der Waals surface area contributed by atoms with Crippen LogP contribution < -0.4 is 10.6 Å². The minimum atomic E-state index is -5.17. The van der Waals surface area contributed by atoms with Gasteiger partial charge in [-0.1, -0.05) is 73.8 Å². The number of carbonyl (C=O) groups excluding carboxylic acids is 2. The fourth-order valence-electron chi connectivity index (χ4n) is 4.03. The fraction of sp³-hybridized carbons (Fsp3) is 0.438. The number of benzene rings is 2. The Morgan fingerprint density at radius 2 is 0.953 bits per heavy atom. The van der Waals surface area contributed by atoms with Gasteiger partial charge in [-0.25, -0.2) is 0 Å². The highest BCUT2D eigenvalue weighted by molar-refractivity contribution is 7.79. The van der Waals surface area contributed by atoms with E-state index in [0.29, 0.717) is 24.2 Å². The van der Waals surface area contributed by atoms with Crippen LogP contribution in [-0.4, -0.2) is 92.7 Å². The van der Waals surface area contributed by atoms with Gasteiger partial charge in [-0.2, -0.15) is 0 Å². The number of carbonyl (C=O) groups is 2. The van der Waals surface area contributed by atoms with Crippen LogP contribution in [0.2, 0.25) is 0 Å². The van der Waals surface area contributed by atoms with E-state index in [4.69, 9.17) is 17.5 Å². The van der Waals surface area contributed by atoms with Gasteiger partial charge in [0.1, 0.15) is 13.1 Å². The third kappa shape index (κ3) is 23.9. The van der Waals surface area contributed by atoms with Gasteiger partial charge >= 0.3 is 0 Å². The van der Waals surface area contributed by atoms with Crippen LogP contribution >= 0.6 is 0 Å². The summed E-state index contributed by atoms with van der Waals surface area (Å²) in [6.45, 7) is 16.2. The predicted molar refractivity (Wildman–Crippen MR) is 170 cm³/mol. The second kappa shape index (κ2) is 19.8. The molecule has 0 aliphatic heterocycles. The zero-order valence-corrected chi connectivity index (χ0v) is 27.4. The molecule has 2 N–H and O–H groups in total. The lowest BCUT2D eigenvalue weighted by Crippen LogP contribution is -2.41. The molecule has 0 radical (unpaired) electrons. The van der Waals surface area contributed by atoms with Crippen molar-refractivity contribution in [1.29, 1.82) is 0 Å². The number of rotatable bonds is 14. The van der Waals surface area contributed by atoms with Gasteiger partial charge < -0.3 is 28.7 Å². The second-order valence-corrected chi connectivity index (χ2v) is 12.6.